The largest absolute Gasteiger partial charge is 0.478 e. The predicted molar refractivity (Wildman–Crippen MR) is 153 cm³/mol. The van der Waals surface area contributed by atoms with Gasteiger partial charge in [0.15, 0.2) is 0 Å². The van der Waals surface area contributed by atoms with Crippen molar-refractivity contribution in [2.75, 3.05) is 0 Å². The number of carboxylic acid groups (broad SMARTS) is 1. The second-order valence-corrected chi connectivity index (χ2v) is 15.1. The number of esters is 1. The number of ether oxygens (including phenoxy) is 1. The molecule has 0 bridgehead atoms. The summed E-state index contributed by atoms with van der Waals surface area (Å²) in [4.78, 5) is 23.5. The zero-order chi connectivity index (χ0) is 27.6. The maximum Gasteiger partial charge on any atom is 0.327 e. The van der Waals surface area contributed by atoms with Crippen LogP contribution in [0, 0.1) is 11.8 Å². The van der Waals surface area contributed by atoms with Crippen LogP contribution in [0.1, 0.15) is 54.4 Å². The minimum atomic E-state index is -2.74. The van der Waals surface area contributed by atoms with Gasteiger partial charge in [0, 0.05) is 24.5 Å². The standard InChI is InChI=1S/C31H42O5Si/c1-8-24(3)28(35-30(34)21-23(2)19-20-29(32)33)22-25(4)36-37(31(5,6)7,26-15-11-9-12-16-26)27-17-13-10-14-18-27/h8-20,23-25,28H,1,21-22H2,2-7H3,(H,32,33)/b20-19+/t23-,24-,25-,28+/m1/s1. The molecule has 0 heterocycles. The monoisotopic (exact) mass is 522 g/mol. The molecule has 0 fully saturated rings. The van der Waals surface area contributed by atoms with Crippen molar-refractivity contribution in [2.24, 2.45) is 11.8 Å². The summed E-state index contributed by atoms with van der Waals surface area (Å²) in [6.07, 6.45) is 4.37. The van der Waals surface area contributed by atoms with E-state index in [1.54, 1.807) is 13.0 Å². The molecule has 2 rings (SSSR count). The molecule has 200 valence electrons. The van der Waals surface area contributed by atoms with Crippen LogP contribution in [-0.4, -0.2) is 37.6 Å². The van der Waals surface area contributed by atoms with E-state index < -0.39 is 20.4 Å². The Morgan fingerprint density at radius 2 is 1.49 bits per heavy atom. The van der Waals surface area contributed by atoms with Gasteiger partial charge in [-0.15, -0.1) is 6.58 Å². The zero-order valence-electron chi connectivity index (χ0n) is 23.0. The molecule has 4 atom stereocenters. The Hall–Kier alpha value is -2.96. The van der Waals surface area contributed by atoms with E-state index in [1.165, 1.54) is 16.4 Å². The fraction of sp³-hybridized carbons (Fsp3) is 0.419. The lowest BCUT2D eigenvalue weighted by molar-refractivity contribution is -0.152. The van der Waals surface area contributed by atoms with E-state index >= 15 is 0 Å². The smallest absolute Gasteiger partial charge is 0.327 e. The van der Waals surface area contributed by atoms with Crippen molar-refractivity contribution in [3.63, 3.8) is 0 Å². The Morgan fingerprint density at radius 1 is 0.973 bits per heavy atom. The molecule has 37 heavy (non-hydrogen) atoms. The van der Waals surface area contributed by atoms with Crippen molar-refractivity contribution in [3.05, 3.63) is 85.5 Å². The van der Waals surface area contributed by atoms with E-state index in [4.69, 9.17) is 14.3 Å². The van der Waals surface area contributed by atoms with Gasteiger partial charge in [-0.05, 0) is 28.3 Å². The Kier molecular flexibility index (Phi) is 11.1. The second kappa shape index (κ2) is 13.5. The van der Waals surface area contributed by atoms with Gasteiger partial charge < -0.3 is 14.3 Å². The van der Waals surface area contributed by atoms with Crippen molar-refractivity contribution in [2.45, 2.75) is 71.6 Å². The molecule has 0 saturated heterocycles. The van der Waals surface area contributed by atoms with Crippen LogP contribution < -0.4 is 10.4 Å². The molecule has 0 aliphatic carbocycles. The summed E-state index contributed by atoms with van der Waals surface area (Å²) in [6.45, 7) is 16.5. The van der Waals surface area contributed by atoms with Crippen molar-refractivity contribution >= 4 is 30.6 Å². The molecule has 0 spiro atoms. The molecule has 0 aliphatic heterocycles. The average molecular weight is 523 g/mol. The maximum atomic E-state index is 12.7. The van der Waals surface area contributed by atoms with Crippen LogP contribution in [0.25, 0.3) is 0 Å². The maximum absolute atomic E-state index is 12.7. The zero-order valence-corrected chi connectivity index (χ0v) is 24.0. The lowest BCUT2D eigenvalue weighted by Gasteiger charge is -2.45. The summed E-state index contributed by atoms with van der Waals surface area (Å²) in [5.74, 6) is -1.71. The molecule has 0 radical (unpaired) electrons. The minimum Gasteiger partial charge on any atom is -0.478 e. The van der Waals surface area contributed by atoms with Gasteiger partial charge in [0.2, 0.25) is 0 Å². The van der Waals surface area contributed by atoms with Gasteiger partial charge in [0.1, 0.15) is 6.10 Å². The fourth-order valence-electron chi connectivity index (χ4n) is 4.68. The van der Waals surface area contributed by atoms with Crippen LogP contribution >= 0.6 is 0 Å². The van der Waals surface area contributed by atoms with Crippen LogP contribution in [0.2, 0.25) is 5.04 Å². The molecule has 0 amide bonds. The predicted octanol–water partition coefficient (Wildman–Crippen LogP) is 5.74. The SMILES string of the molecule is C=C[C@@H](C)[C@H](C[C@@H](C)O[Si](c1ccccc1)(c1ccccc1)C(C)(C)C)OC(=O)C[C@H](C)/C=C/C(=O)O. The summed E-state index contributed by atoms with van der Waals surface area (Å²) < 4.78 is 13.1. The first-order valence-corrected chi connectivity index (χ1v) is 14.8. The molecule has 0 unspecified atom stereocenters. The molecular formula is C31H42O5Si. The lowest BCUT2D eigenvalue weighted by atomic mass is 9.99. The minimum absolute atomic E-state index is 0.0704. The van der Waals surface area contributed by atoms with Crippen LogP contribution in [0.4, 0.5) is 0 Å². The molecule has 2 aromatic rings. The van der Waals surface area contributed by atoms with Crippen molar-refractivity contribution < 1.29 is 23.9 Å². The topological polar surface area (TPSA) is 72.8 Å². The van der Waals surface area contributed by atoms with Crippen molar-refractivity contribution in [1.29, 1.82) is 0 Å². The van der Waals surface area contributed by atoms with Crippen molar-refractivity contribution in [1.82, 2.24) is 0 Å². The summed E-state index contributed by atoms with van der Waals surface area (Å²) in [5.41, 5.74) is 0. The number of carbonyl (C=O) groups excluding carboxylic acids is 1. The number of hydrogen-bond donors (Lipinski definition) is 1. The van der Waals surface area contributed by atoms with Gasteiger partial charge in [-0.3, -0.25) is 4.79 Å². The van der Waals surface area contributed by atoms with Gasteiger partial charge in [-0.1, -0.05) is 107 Å². The highest BCUT2D eigenvalue weighted by molar-refractivity contribution is 6.99. The summed E-state index contributed by atoms with van der Waals surface area (Å²) >= 11 is 0. The third kappa shape index (κ3) is 8.27. The number of rotatable bonds is 13. The second-order valence-electron chi connectivity index (χ2n) is 10.8. The normalized spacial score (nSPS) is 15.5. The first-order valence-electron chi connectivity index (χ1n) is 12.9. The van der Waals surface area contributed by atoms with Crippen LogP contribution in [-0.2, 0) is 18.8 Å². The van der Waals surface area contributed by atoms with E-state index in [9.17, 15) is 9.59 Å². The Balaban J connectivity index is 2.33. The summed E-state index contributed by atoms with van der Waals surface area (Å²) in [7, 11) is -2.74. The number of carbonyl (C=O) groups is 2. The fourth-order valence-corrected chi connectivity index (χ4v) is 9.40. The molecule has 1 N–H and O–H groups in total. The van der Waals surface area contributed by atoms with Crippen molar-refractivity contribution in [3.8, 4) is 0 Å². The molecule has 0 aliphatic rings. The molecule has 0 aromatic heterocycles. The van der Waals surface area contributed by atoms with Gasteiger partial charge in [-0.25, -0.2) is 4.79 Å². The number of benzene rings is 2. The molecular weight excluding hydrogens is 480 g/mol. The highest BCUT2D eigenvalue weighted by atomic mass is 28.4. The van der Waals surface area contributed by atoms with Crippen LogP contribution in [0.15, 0.2) is 85.5 Å². The van der Waals surface area contributed by atoms with E-state index in [2.05, 4.69) is 75.9 Å². The highest BCUT2D eigenvalue weighted by Gasteiger charge is 2.51. The van der Waals surface area contributed by atoms with Gasteiger partial charge in [0.25, 0.3) is 8.32 Å². The summed E-state index contributed by atoms with van der Waals surface area (Å²) in [5, 5.41) is 11.1. The first kappa shape index (κ1) is 30.3. The Labute approximate surface area is 223 Å². The van der Waals surface area contributed by atoms with Gasteiger partial charge >= 0.3 is 11.9 Å². The average Bonchev–Trinajstić information content (AvgIpc) is 2.85. The molecule has 6 heteroatoms. The third-order valence-corrected chi connectivity index (χ3v) is 11.8. The highest BCUT2D eigenvalue weighted by Crippen LogP contribution is 2.38. The van der Waals surface area contributed by atoms with Crippen LogP contribution in [0.5, 0.6) is 0 Å². The van der Waals surface area contributed by atoms with Crippen LogP contribution in [0.3, 0.4) is 0 Å². The van der Waals surface area contributed by atoms with E-state index in [0.717, 1.165) is 6.08 Å². The third-order valence-electron chi connectivity index (χ3n) is 6.66. The quantitative estimate of drug-likeness (QED) is 0.157. The molecule has 5 nitrogen and oxygen atoms in total. The number of carboxylic acids is 1. The van der Waals surface area contributed by atoms with E-state index in [1.807, 2.05) is 26.0 Å². The summed E-state index contributed by atoms with van der Waals surface area (Å²) in [6, 6.07) is 20.9. The molecule has 0 saturated carbocycles. The Morgan fingerprint density at radius 3 is 1.92 bits per heavy atom. The van der Waals surface area contributed by atoms with Gasteiger partial charge in [0.05, 0.1) is 6.42 Å². The van der Waals surface area contributed by atoms with E-state index in [-0.39, 0.29) is 35.4 Å². The Bertz CT molecular complexity index is 1000. The lowest BCUT2D eigenvalue weighted by Crippen LogP contribution is -2.67. The van der Waals surface area contributed by atoms with Gasteiger partial charge in [-0.2, -0.15) is 0 Å². The number of hydrogen-bond acceptors (Lipinski definition) is 4. The first-order chi connectivity index (χ1) is 17.4. The molecule has 2 aromatic carbocycles. The van der Waals surface area contributed by atoms with E-state index in [0.29, 0.717) is 6.42 Å². The number of aliphatic carboxylic acids is 1. The number of allylic oxidation sites excluding steroid dienone is 1.